The van der Waals surface area contributed by atoms with E-state index in [2.05, 4.69) is 15.2 Å². The molecule has 3 heterocycles. The summed E-state index contributed by atoms with van der Waals surface area (Å²) >= 11 is 0. The predicted octanol–water partition coefficient (Wildman–Crippen LogP) is 1.70. The predicted molar refractivity (Wildman–Crippen MR) is 89.5 cm³/mol. The number of aromatic nitrogens is 3. The second kappa shape index (κ2) is 6.76. The van der Waals surface area contributed by atoms with Gasteiger partial charge in [-0.25, -0.2) is 0 Å². The van der Waals surface area contributed by atoms with Crippen LogP contribution in [0.5, 0.6) is 0 Å². The van der Waals surface area contributed by atoms with Gasteiger partial charge >= 0.3 is 0 Å². The Morgan fingerprint density at radius 3 is 2.42 bits per heavy atom. The highest BCUT2D eigenvalue weighted by Gasteiger charge is 2.27. The van der Waals surface area contributed by atoms with Gasteiger partial charge in [0.25, 0.3) is 0 Å². The lowest BCUT2D eigenvalue weighted by atomic mass is 10.2. The number of amides is 1. The van der Waals surface area contributed by atoms with Gasteiger partial charge < -0.3 is 9.42 Å². The van der Waals surface area contributed by atoms with E-state index in [0.29, 0.717) is 0 Å². The number of rotatable bonds is 4. The van der Waals surface area contributed by atoms with Crippen molar-refractivity contribution in [3.05, 3.63) is 35.0 Å². The van der Waals surface area contributed by atoms with E-state index in [9.17, 15) is 4.79 Å². The molecule has 0 N–H and O–H groups in total. The zero-order chi connectivity index (χ0) is 17.3. The third kappa shape index (κ3) is 3.51. The Balaban J connectivity index is 1.56. The number of carbonyl (C=O) groups excluding carboxylic acids is 1. The molecule has 1 fully saturated rings. The van der Waals surface area contributed by atoms with Gasteiger partial charge in [-0.05, 0) is 33.8 Å². The Labute approximate surface area is 142 Å². The Kier molecular flexibility index (Phi) is 4.71. The monoisotopic (exact) mass is 331 g/mol. The smallest absolute Gasteiger partial charge is 0.247 e. The van der Waals surface area contributed by atoms with E-state index in [0.717, 1.165) is 55.6 Å². The van der Waals surface area contributed by atoms with Crippen LogP contribution in [-0.4, -0.2) is 56.8 Å². The molecule has 0 unspecified atom stereocenters. The molecule has 0 aliphatic carbocycles. The van der Waals surface area contributed by atoms with Crippen LogP contribution in [0.1, 0.15) is 35.8 Å². The number of carbonyl (C=O) groups is 1. The van der Waals surface area contributed by atoms with Gasteiger partial charge in [-0.1, -0.05) is 5.16 Å². The van der Waals surface area contributed by atoms with Crippen molar-refractivity contribution >= 4 is 5.91 Å². The first-order valence-corrected chi connectivity index (χ1v) is 8.40. The largest absolute Gasteiger partial charge is 0.360 e. The minimum absolute atomic E-state index is 0.136. The van der Waals surface area contributed by atoms with Gasteiger partial charge in [-0.15, -0.1) is 0 Å². The maximum atomic E-state index is 12.7. The number of aryl methyl sites for hydroxylation is 3. The molecule has 7 heteroatoms. The van der Waals surface area contributed by atoms with Gasteiger partial charge in [0.15, 0.2) is 5.76 Å². The Morgan fingerprint density at radius 2 is 1.88 bits per heavy atom. The van der Waals surface area contributed by atoms with Gasteiger partial charge in [0.2, 0.25) is 5.91 Å². The molecule has 1 amide bonds. The minimum atomic E-state index is -0.262. The molecule has 1 atom stereocenters. The zero-order valence-electron chi connectivity index (χ0n) is 14.8. The van der Waals surface area contributed by atoms with E-state index in [1.54, 1.807) is 0 Å². The first-order chi connectivity index (χ1) is 11.4. The van der Waals surface area contributed by atoms with Crippen molar-refractivity contribution in [2.45, 2.75) is 40.3 Å². The van der Waals surface area contributed by atoms with Crippen LogP contribution in [0.2, 0.25) is 0 Å². The molecule has 24 heavy (non-hydrogen) atoms. The summed E-state index contributed by atoms with van der Waals surface area (Å²) in [6, 6.07) is 3.70. The summed E-state index contributed by atoms with van der Waals surface area (Å²) in [7, 11) is 0. The molecule has 7 nitrogen and oxygen atoms in total. The lowest BCUT2D eigenvalue weighted by Crippen LogP contribution is -2.50. The summed E-state index contributed by atoms with van der Waals surface area (Å²) < 4.78 is 7.09. The van der Waals surface area contributed by atoms with E-state index in [1.807, 2.05) is 49.4 Å². The molecule has 2 aromatic rings. The molecule has 130 valence electrons. The number of nitrogens with zero attached hydrogens (tertiary/aromatic N) is 5. The van der Waals surface area contributed by atoms with E-state index in [1.165, 1.54) is 0 Å². The Hall–Kier alpha value is -2.15. The minimum Gasteiger partial charge on any atom is -0.360 e. The summed E-state index contributed by atoms with van der Waals surface area (Å²) in [5, 5.41) is 8.35. The molecule has 0 aromatic carbocycles. The molecule has 3 rings (SSSR count). The normalized spacial score (nSPS) is 17.2. The maximum Gasteiger partial charge on any atom is 0.247 e. The molecule has 0 spiro atoms. The van der Waals surface area contributed by atoms with Crippen LogP contribution >= 0.6 is 0 Å². The van der Waals surface area contributed by atoms with E-state index >= 15 is 0 Å². The number of hydrogen-bond donors (Lipinski definition) is 0. The van der Waals surface area contributed by atoms with E-state index in [4.69, 9.17) is 4.52 Å². The fourth-order valence-electron chi connectivity index (χ4n) is 3.24. The molecule has 2 aromatic heterocycles. The molecule has 0 saturated carbocycles. The molecule has 1 aliphatic rings. The molecule has 0 radical (unpaired) electrons. The van der Waals surface area contributed by atoms with Crippen molar-refractivity contribution in [3.63, 3.8) is 0 Å². The van der Waals surface area contributed by atoms with Crippen LogP contribution in [-0.2, 0) is 11.3 Å². The average Bonchev–Trinajstić information content (AvgIpc) is 3.11. The van der Waals surface area contributed by atoms with Crippen molar-refractivity contribution in [2.24, 2.45) is 0 Å². The van der Waals surface area contributed by atoms with E-state index < -0.39 is 0 Å². The third-order valence-electron chi connectivity index (χ3n) is 4.51. The summed E-state index contributed by atoms with van der Waals surface area (Å²) in [5.74, 6) is 1.01. The van der Waals surface area contributed by atoms with Crippen LogP contribution < -0.4 is 0 Å². The SMILES string of the molecule is Cc1cc(CN2CCN(C(=O)[C@@H](C)n3nc(C)cc3C)CC2)on1. The fourth-order valence-corrected chi connectivity index (χ4v) is 3.24. The standard InChI is InChI=1S/C17H25N5O2/c1-12-9-14(3)22(18-12)15(4)17(23)21-7-5-20(6-8-21)11-16-10-13(2)19-24-16/h9-10,15H,5-8,11H2,1-4H3/t15-/m1/s1. The summed E-state index contributed by atoms with van der Waals surface area (Å²) in [6.45, 7) is 11.7. The number of piperazine rings is 1. The lowest BCUT2D eigenvalue weighted by Gasteiger charge is -2.35. The summed E-state index contributed by atoms with van der Waals surface area (Å²) in [4.78, 5) is 17.0. The van der Waals surface area contributed by atoms with Crippen LogP contribution in [0.15, 0.2) is 16.7 Å². The van der Waals surface area contributed by atoms with Crippen LogP contribution in [0.4, 0.5) is 0 Å². The maximum absolute atomic E-state index is 12.7. The van der Waals surface area contributed by atoms with Gasteiger partial charge in [0.1, 0.15) is 6.04 Å². The lowest BCUT2D eigenvalue weighted by molar-refractivity contribution is -0.136. The van der Waals surface area contributed by atoms with Crippen molar-refractivity contribution in [1.82, 2.24) is 24.7 Å². The second-order valence-corrected chi connectivity index (χ2v) is 6.58. The fraction of sp³-hybridized carbons (Fsp3) is 0.588. The highest BCUT2D eigenvalue weighted by molar-refractivity contribution is 5.80. The Bertz CT molecular complexity index is 712. The van der Waals surface area contributed by atoms with Crippen LogP contribution in [0, 0.1) is 20.8 Å². The van der Waals surface area contributed by atoms with Gasteiger partial charge in [0, 0.05) is 37.9 Å². The van der Waals surface area contributed by atoms with E-state index in [-0.39, 0.29) is 11.9 Å². The highest BCUT2D eigenvalue weighted by Crippen LogP contribution is 2.16. The van der Waals surface area contributed by atoms with Crippen molar-refractivity contribution in [2.75, 3.05) is 26.2 Å². The molecule has 1 saturated heterocycles. The molecule has 0 bridgehead atoms. The second-order valence-electron chi connectivity index (χ2n) is 6.58. The quantitative estimate of drug-likeness (QED) is 0.853. The van der Waals surface area contributed by atoms with Crippen LogP contribution in [0.3, 0.4) is 0 Å². The van der Waals surface area contributed by atoms with Crippen molar-refractivity contribution < 1.29 is 9.32 Å². The van der Waals surface area contributed by atoms with Crippen molar-refractivity contribution in [3.8, 4) is 0 Å². The highest BCUT2D eigenvalue weighted by atomic mass is 16.5. The first kappa shape index (κ1) is 16.7. The zero-order valence-corrected chi connectivity index (χ0v) is 14.8. The first-order valence-electron chi connectivity index (χ1n) is 8.40. The topological polar surface area (TPSA) is 67.4 Å². The third-order valence-corrected chi connectivity index (χ3v) is 4.51. The average molecular weight is 331 g/mol. The van der Waals surface area contributed by atoms with Gasteiger partial charge in [0.05, 0.1) is 17.9 Å². The Morgan fingerprint density at radius 1 is 1.17 bits per heavy atom. The molecular formula is C17H25N5O2. The molecular weight excluding hydrogens is 306 g/mol. The summed E-state index contributed by atoms with van der Waals surface area (Å²) in [5.41, 5.74) is 2.87. The molecule has 1 aliphatic heterocycles. The summed E-state index contributed by atoms with van der Waals surface area (Å²) in [6.07, 6.45) is 0. The van der Waals surface area contributed by atoms with Crippen molar-refractivity contribution in [1.29, 1.82) is 0 Å². The van der Waals surface area contributed by atoms with Gasteiger partial charge in [-0.2, -0.15) is 5.10 Å². The van der Waals surface area contributed by atoms with Crippen LogP contribution in [0.25, 0.3) is 0 Å². The van der Waals surface area contributed by atoms with Gasteiger partial charge in [-0.3, -0.25) is 14.4 Å². The number of hydrogen-bond acceptors (Lipinski definition) is 5.